The molecule has 2 nitrogen and oxygen atoms in total. The van der Waals surface area contributed by atoms with E-state index in [1.165, 1.54) is 6.07 Å². The average Bonchev–Trinajstić information content (AvgIpc) is 2.35. The van der Waals surface area contributed by atoms with Crippen molar-refractivity contribution in [1.82, 2.24) is 0 Å². The molecule has 0 aliphatic rings. The summed E-state index contributed by atoms with van der Waals surface area (Å²) in [7, 11) is 0. The number of carbonyl (C=O) groups is 1. The largest absolute Gasteiger partial charge is 0.493 e. The van der Waals surface area contributed by atoms with Gasteiger partial charge in [0, 0.05) is 6.42 Å². The van der Waals surface area contributed by atoms with E-state index in [4.69, 9.17) is 4.74 Å². The van der Waals surface area contributed by atoms with Crippen LogP contribution in [-0.4, -0.2) is 12.4 Å². The minimum absolute atomic E-state index is 0.0186. The first kappa shape index (κ1) is 15.5. The summed E-state index contributed by atoms with van der Waals surface area (Å²) >= 11 is 0. The first-order valence-corrected chi connectivity index (χ1v) is 6.27. The van der Waals surface area contributed by atoms with Crippen molar-refractivity contribution in [3.05, 3.63) is 29.3 Å². The van der Waals surface area contributed by atoms with E-state index in [0.717, 1.165) is 18.6 Å². The summed E-state index contributed by atoms with van der Waals surface area (Å²) in [5, 5.41) is 0. The Morgan fingerprint density at radius 1 is 1.26 bits per heavy atom. The number of alkyl halides is 3. The van der Waals surface area contributed by atoms with Gasteiger partial charge >= 0.3 is 6.18 Å². The van der Waals surface area contributed by atoms with E-state index >= 15 is 0 Å². The molecule has 0 bridgehead atoms. The summed E-state index contributed by atoms with van der Waals surface area (Å²) in [5.74, 6) is -0.0898. The maximum Gasteiger partial charge on any atom is 0.416 e. The average molecular weight is 274 g/mol. The second-order valence-electron chi connectivity index (χ2n) is 4.17. The molecule has 0 aliphatic heterocycles. The van der Waals surface area contributed by atoms with Gasteiger partial charge in [-0.2, -0.15) is 13.2 Å². The normalized spacial score (nSPS) is 11.4. The van der Waals surface area contributed by atoms with Gasteiger partial charge in [0.05, 0.1) is 17.7 Å². The number of benzene rings is 1. The van der Waals surface area contributed by atoms with Crippen molar-refractivity contribution >= 4 is 5.78 Å². The zero-order chi connectivity index (χ0) is 14.5. The number of halogens is 3. The van der Waals surface area contributed by atoms with Gasteiger partial charge in [0.15, 0.2) is 5.78 Å². The molecule has 0 fully saturated rings. The lowest BCUT2D eigenvalue weighted by molar-refractivity contribution is -0.137. The Morgan fingerprint density at radius 3 is 2.47 bits per heavy atom. The van der Waals surface area contributed by atoms with Crippen LogP contribution >= 0.6 is 0 Å². The number of ketones is 1. The van der Waals surface area contributed by atoms with Gasteiger partial charge in [-0.1, -0.05) is 13.3 Å². The molecule has 106 valence electrons. The van der Waals surface area contributed by atoms with Crippen LogP contribution < -0.4 is 4.74 Å². The lowest BCUT2D eigenvalue weighted by Gasteiger charge is -2.13. The molecule has 0 amide bonds. The second kappa shape index (κ2) is 6.59. The van der Waals surface area contributed by atoms with Gasteiger partial charge in [0.1, 0.15) is 5.75 Å². The lowest BCUT2D eigenvalue weighted by Crippen LogP contribution is -2.10. The fourth-order valence-corrected chi connectivity index (χ4v) is 1.68. The highest BCUT2D eigenvalue weighted by atomic mass is 19.4. The summed E-state index contributed by atoms with van der Waals surface area (Å²) < 4.78 is 43.2. The molecule has 1 aromatic carbocycles. The Kier molecular flexibility index (Phi) is 5.39. The highest BCUT2D eigenvalue weighted by Crippen LogP contribution is 2.33. The Balaban J connectivity index is 3.11. The molecule has 1 rings (SSSR count). The molecule has 0 aromatic heterocycles. The van der Waals surface area contributed by atoms with E-state index in [0.29, 0.717) is 13.0 Å². The van der Waals surface area contributed by atoms with Crippen molar-refractivity contribution in [3.63, 3.8) is 0 Å². The van der Waals surface area contributed by atoms with Gasteiger partial charge in [0.25, 0.3) is 0 Å². The molecule has 0 atom stereocenters. The van der Waals surface area contributed by atoms with Crippen molar-refractivity contribution < 1.29 is 22.7 Å². The molecule has 0 N–H and O–H groups in total. The van der Waals surface area contributed by atoms with Crippen LogP contribution in [0.4, 0.5) is 13.2 Å². The predicted octanol–water partition coefficient (Wildman–Crippen LogP) is 4.48. The van der Waals surface area contributed by atoms with Crippen LogP contribution in [0.15, 0.2) is 18.2 Å². The summed E-state index contributed by atoms with van der Waals surface area (Å²) in [4.78, 5) is 11.9. The third-order valence-corrected chi connectivity index (χ3v) is 2.66. The zero-order valence-electron chi connectivity index (χ0n) is 11.0. The van der Waals surface area contributed by atoms with Crippen LogP contribution in [0.25, 0.3) is 0 Å². The van der Waals surface area contributed by atoms with Crippen LogP contribution in [0.1, 0.15) is 49.0 Å². The lowest BCUT2D eigenvalue weighted by atomic mass is 10.0. The van der Waals surface area contributed by atoms with Crippen LogP contribution in [0.2, 0.25) is 0 Å². The van der Waals surface area contributed by atoms with Crippen molar-refractivity contribution in [2.45, 2.75) is 39.3 Å². The third kappa shape index (κ3) is 4.26. The van der Waals surface area contributed by atoms with E-state index in [-0.39, 0.29) is 23.5 Å². The van der Waals surface area contributed by atoms with Gasteiger partial charge in [0.2, 0.25) is 0 Å². The predicted molar refractivity (Wildman–Crippen MR) is 66.5 cm³/mol. The van der Waals surface area contributed by atoms with Gasteiger partial charge in [-0.25, -0.2) is 0 Å². The summed E-state index contributed by atoms with van der Waals surface area (Å²) in [5.41, 5.74) is -0.805. The van der Waals surface area contributed by atoms with Gasteiger partial charge in [-0.3, -0.25) is 4.79 Å². The van der Waals surface area contributed by atoms with Crippen molar-refractivity contribution in [1.29, 1.82) is 0 Å². The molecule has 0 radical (unpaired) electrons. The highest BCUT2D eigenvalue weighted by Gasteiger charge is 2.31. The van der Waals surface area contributed by atoms with E-state index in [9.17, 15) is 18.0 Å². The molecule has 1 aromatic rings. The van der Waals surface area contributed by atoms with E-state index in [1.54, 1.807) is 6.92 Å². The monoisotopic (exact) mass is 274 g/mol. The van der Waals surface area contributed by atoms with Crippen LogP contribution in [0.5, 0.6) is 5.75 Å². The molecule has 0 spiro atoms. The molecule has 0 heterocycles. The number of Topliss-reactive ketones (excluding diaryl/α,β-unsaturated/α-hetero) is 1. The number of hydrogen-bond acceptors (Lipinski definition) is 2. The number of rotatable bonds is 6. The Morgan fingerprint density at radius 2 is 1.95 bits per heavy atom. The zero-order valence-corrected chi connectivity index (χ0v) is 11.0. The topological polar surface area (TPSA) is 26.3 Å². The second-order valence-corrected chi connectivity index (χ2v) is 4.17. The Labute approximate surface area is 110 Å². The highest BCUT2D eigenvalue weighted by molar-refractivity contribution is 5.98. The van der Waals surface area contributed by atoms with E-state index in [1.807, 2.05) is 6.92 Å². The van der Waals surface area contributed by atoms with Crippen LogP contribution in [-0.2, 0) is 6.18 Å². The summed E-state index contributed by atoms with van der Waals surface area (Å²) in [6.45, 7) is 3.94. The van der Waals surface area contributed by atoms with Gasteiger partial charge < -0.3 is 4.74 Å². The smallest absolute Gasteiger partial charge is 0.416 e. The van der Waals surface area contributed by atoms with Crippen molar-refractivity contribution in [2.75, 3.05) is 6.61 Å². The van der Waals surface area contributed by atoms with Crippen molar-refractivity contribution in [3.8, 4) is 5.75 Å². The third-order valence-electron chi connectivity index (χ3n) is 2.66. The Hall–Kier alpha value is -1.52. The molecule has 0 unspecified atom stereocenters. The van der Waals surface area contributed by atoms with E-state index < -0.39 is 11.7 Å². The number of ether oxygens (including phenoxy) is 1. The van der Waals surface area contributed by atoms with Gasteiger partial charge in [-0.15, -0.1) is 0 Å². The minimum atomic E-state index is -4.45. The van der Waals surface area contributed by atoms with E-state index in [2.05, 4.69) is 0 Å². The SMILES string of the molecule is CCCCC(=O)c1cc(C(F)(F)F)ccc1OCC. The summed E-state index contributed by atoms with van der Waals surface area (Å²) in [6.07, 6.45) is -2.75. The van der Waals surface area contributed by atoms with Crippen LogP contribution in [0, 0.1) is 0 Å². The fourth-order valence-electron chi connectivity index (χ4n) is 1.68. The molecule has 0 saturated carbocycles. The first-order valence-electron chi connectivity index (χ1n) is 6.27. The van der Waals surface area contributed by atoms with Gasteiger partial charge in [-0.05, 0) is 31.5 Å². The molecular weight excluding hydrogens is 257 g/mol. The number of hydrogen-bond donors (Lipinski definition) is 0. The standard InChI is InChI=1S/C14H17F3O2/c1-3-5-6-12(18)11-9-10(14(15,16)17)7-8-13(11)19-4-2/h7-9H,3-6H2,1-2H3. The maximum atomic E-state index is 12.6. The molecule has 19 heavy (non-hydrogen) atoms. The van der Waals surface area contributed by atoms with Crippen LogP contribution in [0.3, 0.4) is 0 Å². The van der Waals surface area contributed by atoms with Crippen molar-refractivity contribution in [2.24, 2.45) is 0 Å². The fraction of sp³-hybridized carbons (Fsp3) is 0.500. The maximum absolute atomic E-state index is 12.6. The quantitative estimate of drug-likeness (QED) is 0.715. The molecule has 0 saturated heterocycles. The molecule has 0 aliphatic carbocycles. The summed E-state index contributed by atoms with van der Waals surface area (Å²) in [6, 6.07) is 3.02. The number of unbranched alkanes of at least 4 members (excludes halogenated alkanes) is 1. The Bertz CT molecular complexity index is 439. The first-order chi connectivity index (χ1) is 8.90. The number of carbonyl (C=O) groups excluding carboxylic acids is 1. The minimum Gasteiger partial charge on any atom is -0.493 e. The molecule has 5 heteroatoms. The molecular formula is C14H17F3O2.